The average Bonchev–Trinajstić information content (AvgIpc) is 2.97. The van der Waals surface area contributed by atoms with Crippen molar-refractivity contribution in [2.45, 2.75) is 53.0 Å². The van der Waals surface area contributed by atoms with Crippen molar-refractivity contribution in [2.24, 2.45) is 7.05 Å². The van der Waals surface area contributed by atoms with Gasteiger partial charge < -0.3 is 5.32 Å². The van der Waals surface area contributed by atoms with Gasteiger partial charge in [-0.3, -0.25) is 14.6 Å². The summed E-state index contributed by atoms with van der Waals surface area (Å²) in [5.41, 5.74) is 2.78. The summed E-state index contributed by atoms with van der Waals surface area (Å²) in [6, 6.07) is 0. The highest BCUT2D eigenvalue weighted by Gasteiger charge is 2.19. The molecule has 0 aliphatic heterocycles. The molecule has 7 nitrogen and oxygen atoms in total. The van der Waals surface area contributed by atoms with Crippen LogP contribution in [-0.4, -0.2) is 30.9 Å². The smallest absolute Gasteiger partial charge is 0.224 e. The largest absolute Gasteiger partial charge is 0.349 e. The van der Waals surface area contributed by atoms with E-state index in [0.717, 1.165) is 22.8 Å². The first-order valence-corrected chi connectivity index (χ1v) is 7.36. The molecule has 0 bridgehead atoms. The zero-order valence-electron chi connectivity index (χ0n) is 14.1. The maximum absolute atomic E-state index is 12.1. The third-order valence-electron chi connectivity index (χ3n) is 3.65. The molecule has 2 N–H and O–H groups in total. The van der Waals surface area contributed by atoms with E-state index in [1.54, 1.807) is 4.68 Å². The van der Waals surface area contributed by atoms with Crippen molar-refractivity contribution in [1.82, 2.24) is 30.3 Å². The first-order valence-electron chi connectivity index (χ1n) is 7.36. The van der Waals surface area contributed by atoms with E-state index in [2.05, 4.69) is 25.6 Å². The van der Waals surface area contributed by atoms with Crippen LogP contribution in [0.5, 0.6) is 0 Å². The molecule has 0 spiro atoms. The Morgan fingerprint density at radius 1 is 1.32 bits per heavy atom. The summed E-state index contributed by atoms with van der Waals surface area (Å²) in [5.74, 6) is 1.36. The number of aromatic nitrogens is 5. The highest BCUT2D eigenvalue weighted by atomic mass is 16.1. The van der Waals surface area contributed by atoms with Crippen LogP contribution in [0.25, 0.3) is 0 Å². The highest BCUT2D eigenvalue weighted by Crippen LogP contribution is 2.17. The van der Waals surface area contributed by atoms with Crippen LogP contribution in [0.2, 0.25) is 0 Å². The van der Waals surface area contributed by atoms with Crippen LogP contribution in [0.15, 0.2) is 0 Å². The fourth-order valence-electron chi connectivity index (χ4n) is 2.19. The lowest BCUT2D eigenvalue weighted by molar-refractivity contribution is -0.120. The molecular formula is C15H24N6O. The monoisotopic (exact) mass is 304 g/mol. The molecule has 2 rings (SSSR count). The molecule has 1 amide bonds. The van der Waals surface area contributed by atoms with E-state index in [1.165, 1.54) is 0 Å². The van der Waals surface area contributed by atoms with Crippen molar-refractivity contribution in [2.75, 3.05) is 0 Å². The summed E-state index contributed by atoms with van der Waals surface area (Å²) in [7, 11) is 1.88. The summed E-state index contributed by atoms with van der Waals surface area (Å²) < 4.78 is 1.80. The van der Waals surface area contributed by atoms with Crippen molar-refractivity contribution in [1.29, 1.82) is 0 Å². The number of nitrogens with zero attached hydrogens (tertiary/aromatic N) is 4. The lowest BCUT2D eigenvalue weighted by Crippen LogP contribution is -2.25. The van der Waals surface area contributed by atoms with E-state index in [4.69, 9.17) is 0 Å². The number of aryl methyl sites for hydroxylation is 2. The van der Waals surface area contributed by atoms with Gasteiger partial charge in [0.25, 0.3) is 0 Å². The fourth-order valence-corrected chi connectivity index (χ4v) is 2.19. The molecule has 22 heavy (non-hydrogen) atoms. The molecule has 0 radical (unpaired) electrons. The zero-order valence-corrected chi connectivity index (χ0v) is 14.1. The number of rotatable bonds is 4. The normalized spacial score (nSPS) is 11.7. The number of carbonyl (C=O) groups is 1. The predicted molar refractivity (Wildman–Crippen MR) is 83.3 cm³/mol. The van der Waals surface area contributed by atoms with Gasteiger partial charge in [0, 0.05) is 23.7 Å². The van der Waals surface area contributed by atoms with E-state index in [1.807, 2.05) is 41.7 Å². The lowest BCUT2D eigenvalue weighted by Gasteiger charge is -2.11. The first-order chi connectivity index (χ1) is 10.2. The van der Waals surface area contributed by atoms with Crippen molar-refractivity contribution in [3.63, 3.8) is 0 Å². The van der Waals surface area contributed by atoms with Crippen LogP contribution in [0.3, 0.4) is 0 Å². The Morgan fingerprint density at radius 2 is 2.00 bits per heavy atom. The maximum Gasteiger partial charge on any atom is 0.224 e. The van der Waals surface area contributed by atoms with Crippen LogP contribution in [0.4, 0.5) is 0 Å². The molecular weight excluding hydrogens is 280 g/mol. The number of hydrogen-bond donors (Lipinski definition) is 2. The van der Waals surface area contributed by atoms with Gasteiger partial charge in [0.05, 0.1) is 18.7 Å². The van der Waals surface area contributed by atoms with Gasteiger partial charge in [0.1, 0.15) is 5.82 Å². The zero-order chi connectivity index (χ0) is 16.5. The summed E-state index contributed by atoms with van der Waals surface area (Å²) in [6.45, 7) is 10.4. The van der Waals surface area contributed by atoms with Gasteiger partial charge in [0.2, 0.25) is 5.91 Å². The predicted octanol–water partition coefficient (Wildman–Crippen LogP) is 1.31. The Balaban J connectivity index is 1.94. The van der Waals surface area contributed by atoms with Crippen LogP contribution in [0, 0.1) is 13.8 Å². The fraction of sp³-hybridized carbons (Fsp3) is 0.600. The second-order valence-electron chi connectivity index (χ2n) is 6.58. The molecule has 2 heterocycles. The Kier molecular flexibility index (Phi) is 4.35. The first kappa shape index (κ1) is 16.2. The molecule has 0 atom stereocenters. The van der Waals surface area contributed by atoms with Gasteiger partial charge in [-0.05, 0) is 13.8 Å². The summed E-state index contributed by atoms with van der Waals surface area (Å²) in [6.07, 6.45) is 0.325. The number of carbonyl (C=O) groups excluding carboxylic acids is 1. The molecule has 0 aliphatic carbocycles. The molecule has 0 fully saturated rings. The van der Waals surface area contributed by atoms with Gasteiger partial charge in [-0.1, -0.05) is 20.8 Å². The van der Waals surface area contributed by atoms with Gasteiger partial charge in [-0.2, -0.15) is 10.2 Å². The molecule has 120 valence electrons. The van der Waals surface area contributed by atoms with Gasteiger partial charge in [-0.15, -0.1) is 0 Å². The standard InChI is InChI=1S/C15H24N6O/c1-9-11(10(2)21(6)20-9)7-13(22)16-8-12-17-14(19-18-12)15(3,4)5/h7-8H2,1-6H3,(H,16,22)(H,17,18,19). The molecule has 0 unspecified atom stereocenters. The molecule has 0 saturated heterocycles. The molecule has 0 saturated carbocycles. The maximum atomic E-state index is 12.1. The van der Waals surface area contributed by atoms with Crippen molar-refractivity contribution < 1.29 is 4.79 Å². The minimum absolute atomic E-state index is 0.0482. The quantitative estimate of drug-likeness (QED) is 0.891. The van der Waals surface area contributed by atoms with Gasteiger partial charge in [0.15, 0.2) is 5.82 Å². The number of nitrogens with one attached hydrogen (secondary N) is 2. The Hall–Kier alpha value is -2.18. The van der Waals surface area contributed by atoms with Gasteiger partial charge in [-0.25, -0.2) is 4.98 Å². The third kappa shape index (κ3) is 3.52. The molecule has 2 aromatic rings. The van der Waals surface area contributed by atoms with Crippen LogP contribution in [-0.2, 0) is 30.2 Å². The average molecular weight is 304 g/mol. The number of amides is 1. The Labute approximate surface area is 130 Å². The van der Waals surface area contributed by atoms with E-state index in [0.29, 0.717) is 18.8 Å². The summed E-state index contributed by atoms with van der Waals surface area (Å²) in [4.78, 5) is 16.5. The molecule has 7 heteroatoms. The van der Waals surface area contributed by atoms with E-state index < -0.39 is 0 Å². The summed E-state index contributed by atoms with van der Waals surface area (Å²) in [5, 5.41) is 14.2. The van der Waals surface area contributed by atoms with E-state index >= 15 is 0 Å². The minimum atomic E-state index is -0.108. The second kappa shape index (κ2) is 5.90. The van der Waals surface area contributed by atoms with Gasteiger partial charge >= 0.3 is 0 Å². The van der Waals surface area contributed by atoms with Crippen LogP contribution in [0.1, 0.15) is 49.4 Å². The number of hydrogen-bond acceptors (Lipinski definition) is 4. The lowest BCUT2D eigenvalue weighted by atomic mass is 9.96. The third-order valence-corrected chi connectivity index (χ3v) is 3.65. The van der Waals surface area contributed by atoms with E-state index in [9.17, 15) is 4.79 Å². The number of aromatic amines is 1. The van der Waals surface area contributed by atoms with Crippen LogP contribution >= 0.6 is 0 Å². The SMILES string of the molecule is Cc1nn(C)c(C)c1CC(=O)NCc1nc(C(C)(C)C)n[nH]1. The van der Waals surface area contributed by atoms with E-state index in [-0.39, 0.29) is 11.3 Å². The molecule has 0 aromatic carbocycles. The van der Waals surface area contributed by atoms with Crippen molar-refractivity contribution in [3.8, 4) is 0 Å². The van der Waals surface area contributed by atoms with Crippen molar-refractivity contribution >= 4 is 5.91 Å². The minimum Gasteiger partial charge on any atom is -0.349 e. The topological polar surface area (TPSA) is 88.5 Å². The molecule has 2 aromatic heterocycles. The molecule has 0 aliphatic rings. The highest BCUT2D eigenvalue weighted by molar-refractivity contribution is 5.79. The second-order valence-corrected chi connectivity index (χ2v) is 6.58. The van der Waals surface area contributed by atoms with Crippen molar-refractivity contribution in [3.05, 3.63) is 28.6 Å². The summed E-state index contributed by atoms with van der Waals surface area (Å²) >= 11 is 0. The number of H-pyrrole nitrogens is 1. The van der Waals surface area contributed by atoms with Crippen LogP contribution < -0.4 is 5.32 Å². The Bertz CT molecular complexity index is 677. The Morgan fingerprint density at radius 3 is 2.50 bits per heavy atom.